The predicted octanol–water partition coefficient (Wildman–Crippen LogP) is 7.85. The molecule has 0 heterocycles. The normalized spacial score (nSPS) is 18.6. The van der Waals surface area contributed by atoms with Crippen molar-refractivity contribution in [1.82, 2.24) is 0 Å². The first-order valence-electron chi connectivity index (χ1n) is 19.7. The second-order valence-electron chi connectivity index (χ2n) is 19.6. The molecule has 56 heavy (non-hydrogen) atoms. The van der Waals surface area contributed by atoms with Crippen LogP contribution in [0.3, 0.4) is 0 Å². The number of halogens is 4. The van der Waals surface area contributed by atoms with Gasteiger partial charge in [-0.05, 0) is 0 Å². The van der Waals surface area contributed by atoms with E-state index in [1.807, 2.05) is 24.3 Å². The number of rotatable bonds is 4. The Labute approximate surface area is 354 Å². The van der Waals surface area contributed by atoms with Gasteiger partial charge in [0.1, 0.15) is 0 Å². The first-order chi connectivity index (χ1) is 25.2. The molecule has 0 N–H and O–H groups in total. The molecule has 0 bridgehead atoms. The summed E-state index contributed by atoms with van der Waals surface area (Å²) < 4.78 is 32.3. The third-order valence-corrected chi connectivity index (χ3v) is 21.1. The minimum Gasteiger partial charge on any atom is -1.00 e. The molecule has 8 rings (SSSR count). The van der Waals surface area contributed by atoms with Gasteiger partial charge in [0.25, 0.3) is 0 Å². The molecule has 4 aromatic rings. The van der Waals surface area contributed by atoms with Crippen LogP contribution in [0.5, 0.6) is 0 Å². The zero-order chi connectivity index (χ0) is 38.9. The van der Waals surface area contributed by atoms with Crippen LogP contribution >= 0.6 is 0 Å². The number of hydrogen-bond donors (Lipinski definition) is 0. The fourth-order valence-corrected chi connectivity index (χ4v) is 19.5. The molecule has 290 valence electrons. The summed E-state index contributed by atoms with van der Waals surface area (Å²) >= 11 is -3.21. The van der Waals surface area contributed by atoms with Crippen molar-refractivity contribution in [2.24, 2.45) is 16.7 Å². The number of allylic oxidation sites excluding steroid dienone is 8. The molecule has 5 heteroatoms. The van der Waals surface area contributed by atoms with E-state index in [2.05, 4.69) is 132 Å². The number of hydrogen-bond acceptors (Lipinski definition) is 0. The van der Waals surface area contributed by atoms with E-state index >= 15 is 0 Å². The maximum absolute atomic E-state index is 14.7. The van der Waals surface area contributed by atoms with Crippen molar-refractivity contribution in [3.05, 3.63) is 162 Å². The Hall–Kier alpha value is -2.97. The van der Waals surface area contributed by atoms with E-state index in [1.54, 1.807) is 24.3 Å². The molecule has 4 aliphatic carbocycles. The van der Waals surface area contributed by atoms with Gasteiger partial charge in [0.05, 0.1) is 0 Å². The van der Waals surface area contributed by atoms with Crippen LogP contribution in [0.4, 0.5) is 8.78 Å². The molecule has 0 nitrogen and oxygen atoms in total. The topological polar surface area (TPSA) is 0 Å². The van der Waals surface area contributed by atoms with Gasteiger partial charge in [-0.15, -0.1) is 0 Å². The fourth-order valence-electron chi connectivity index (χ4n) is 9.84. The van der Waals surface area contributed by atoms with E-state index < -0.39 is 21.3 Å². The first kappa shape index (κ1) is 42.6. The maximum Gasteiger partial charge on any atom is -1.00 e. The molecular formula is C51H54Cl2F2Zr. The van der Waals surface area contributed by atoms with Gasteiger partial charge in [-0.25, -0.2) is 0 Å². The van der Waals surface area contributed by atoms with Crippen LogP contribution < -0.4 is 24.8 Å². The van der Waals surface area contributed by atoms with Gasteiger partial charge in [-0.1, -0.05) is 0 Å². The molecule has 0 aliphatic heterocycles. The quantitative estimate of drug-likeness (QED) is 0.196. The van der Waals surface area contributed by atoms with Gasteiger partial charge in [-0.3, -0.25) is 0 Å². The maximum atomic E-state index is 14.7. The predicted molar refractivity (Wildman–Crippen MR) is 222 cm³/mol. The van der Waals surface area contributed by atoms with Gasteiger partial charge in [0.2, 0.25) is 0 Å². The average Bonchev–Trinajstić information content (AvgIpc) is 3.75. The molecule has 1 atom stereocenters. The summed E-state index contributed by atoms with van der Waals surface area (Å²) in [5, 5.41) is 0. The molecule has 1 unspecified atom stereocenters. The monoisotopic (exact) mass is 864 g/mol. The molecule has 0 amide bonds. The zero-order valence-electron chi connectivity index (χ0n) is 34.9. The second kappa shape index (κ2) is 14.4. The third kappa shape index (κ3) is 7.01. The number of fused-ring (bicyclic) bond motifs is 5. The molecule has 0 aromatic heterocycles. The van der Waals surface area contributed by atoms with E-state index in [-0.39, 0.29) is 67.7 Å². The Morgan fingerprint density at radius 1 is 0.607 bits per heavy atom. The van der Waals surface area contributed by atoms with Gasteiger partial charge in [0.15, 0.2) is 0 Å². The van der Waals surface area contributed by atoms with Crippen LogP contribution in [0.15, 0.2) is 106 Å². The van der Waals surface area contributed by atoms with Crippen LogP contribution in [0, 0.1) is 28.4 Å². The van der Waals surface area contributed by atoms with Crippen LogP contribution in [-0.2, 0) is 32.1 Å². The van der Waals surface area contributed by atoms with Crippen molar-refractivity contribution in [3.8, 4) is 11.1 Å². The van der Waals surface area contributed by atoms with Gasteiger partial charge in [0, 0.05) is 0 Å². The molecule has 0 spiro atoms. The molecule has 0 radical (unpaired) electrons. The van der Waals surface area contributed by atoms with Crippen LogP contribution in [-0.4, -0.2) is 3.21 Å². The van der Waals surface area contributed by atoms with Crippen molar-refractivity contribution < 1.29 is 54.9 Å². The van der Waals surface area contributed by atoms with E-state index in [9.17, 15) is 8.78 Å². The average molecular weight is 867 g/mol. The van der Waals surface area contributed by atoms with E-state index in [1.165, 1.54) is 67.7 Å². The Bertz CT molecular complexity index is 2280. The van der Waals surface area contributed by atoms with Crippen molar-refractivity contribution in [1.29, 1.82) is 0 Å². The van der Waals surface area contributed by atoms with Crippen molar-refractivity contribution in [2.75, 3.05) is 0 Å². The Morgan fingerprint density at radius 2 is 1.00 bits per heavy atom. The molecule has 4 aliphatic rings. The zero-order valence-corrected chi connectivity index (χ0v) is 38.9. The van der Waals surface area contributed by atoms with Crippen molar-refractivity contribution in [2.45, 2.75) is 97.5 Å². The minimum absolute atomic E-state index is 0. The summed E-state index contributed by atoms with van der Waals surface area (Å²) in [5.74, 6) is -0.211. The summed E-state index contributed by atoms with van der Waals surface area (Å²) in [6.45, 7) is 28.1. The molecule has 0 fully saturated rings. The van der Waals surface area contributed by atoms with E-state index in [0.717, 1.165) is 11.1 Å². The van der Waals surface area contributed by atoms with E-state index in [0.29, 0.717) is 0 Å². The molecule has 0 saturated heterocycles. The molecule has 4 aromatic carbocycles. The third-order valence-electron chi connectivity index (χ3n) is 12.4. The summed E-state index contributed by atoms with van der Waals surface area (Å²) in [5.41, 5.74) is 17.1. The standard InChI is InChI=1S/C31H37.C13H8F2.C7H9.2ClH.Zr/c1-28(2,3)26-16-30(7,8)24-12-18-11-19-13-25-23(15-21(19)20(18)14-22(24)26)27(29(4,5)6)17-31(25,9)10;14-12-5-1-10(2-6-12)9-11-3-7-13(15)8-4-11;1-6-3-4-7(2)5-6;;;/h11-17H,1-10H3;1-8H;3,5,7H,1-2H3;2*1H;/q;;;;;+2/p-2. The fraction of sp³-hybridized carbons (Fsp3) is 0.353. The summed E-state index contributed by atoms with van der Waals surface area (Å²) in [6, 6.07) is 24.5. The SMILES string of the molecule is CC1=CC(C)[C]([Zr+2](=[C](c2ccc(F)cc2)c2ccc(F)cc2)[CH]2c3cc4c(cc3-c3cc5c(cc32)C(C)(C)C=C5C(C)(C)C)C(C(C)(C)C)=CC4(C)C)=C1.[Cl-].[Cl-]. The van der Waals surface area contributed by atoms with Crippen molar-refractivity contribution in [3.63, 3.8) is 0 Å². The van der Waals surface area contributed by atoms with Crippen LogP contribution in [0.1, 0.15) is 131 Å². The van der Waals surface area contributed by atoms with Crippen LogP contribution in [0.2, 0.25) is 0 Å². The molecular weight excluding hydrogens is 813 g/mol. The van der Waals surface area contributed by atoms with Gasteiger partial charge in [-0.2, -0.15) is 0 Å². The number of benzene rings is 4. The summed E-state index contributed by atoms with van der Waals surface area (Å²) in [4.78, 5) is 0. The van der Waals surface area contributed by atoms with E-state index in [4.69, 9.17) is 0 Å². The largest absolute Gasteiger partial charge is 1.00 e. The molecule has 0 saturated carbocycles. The first-order valence-corrected chi connectivity index (χ1v) is 23.5. The Kier molecular flexibility index (Phi) is 11.0. The summed E-state index contributed by atoms with van der Waals surface area (Å²) in [6.07, 6.45) is 9.91. The summed E-state index contributed by atoms with van der Waals surface area (Å²) in [7, 11) is 0. The van der Waals surface area contributed by atoms with Gasteiger partial charge >= 0.3 is 332 Å². The van der Waals surface area contributed by atoms with Crippen LogP contribution in [0.25, 0.3) is 22.3 Å². The second-order valence-corrected chi connectivity index (χ2v) is 25.7. The van der Waals surface area contributed by atoms with Crippen molar-refractivity contribution >= 4 is 14.4 Å². The smallest absolute Gasteiger partial charge is 1.00 e. The minimum atomic E-state index is -3.21. The Morgan fingerprint density at radius 3 is 1.34 bits per heavy atom. The van der Waals surface area contributed by atoms with Gasteiger partial charge < -0.3 is 24.8 Å². The Balaban J connectivity index is 0.00000266.